The van der Waals surface area contributed by atoms with Crippen LogP contribution in [0.25, 0.3) is 22.5 Å². The molecule has 0 aliphatic heterocycles. The number of nitrogens with one attached hydrogen (secondary N) is 2. The monoisotopic (exact) mass is 319 g/mol. The molecule has 1 amide bonds. The zero-order valence-electron chi connectivity index (χ0n) is 12.6. The number of benzene rings is 1. The first-order valence-electron chi connectivity index (χ1n) is 7.39. The molecule has 1 aromatic carbocycles. The number of carbonyl (C=O) groups excluding carboxylic acids is 1. The molecule has 4 aromatic rings. The molecule has 4 rings (SSSR count). The lowest BCUT2D eigenvalue weighted by Gasteiger charge is -2.03. The Bertz CT molecular complexity index is 991. The number of amides is 1. The number of fused-ring (bicyclic) bond motifs is 1. The maximum atomic E-state index is 12.2. The Morgan fingerprint density at radius 2 is 2.00 bits per heavy atom. The van der Waals surface area contributed by atoms with Gasteiger partial charge in [-0.2, -0.15) is 0 Å². The number of aromatic nitrogens is 4. The molecule has 3 aromatic heterocycles. The van der Waals surface area contributed by atoms with Gasteiger partial charge >= 0.3 is 0 Å². The molecule has 24 heavy (non-hydrogen) atoms. The van der Waals surface area contributed by atoms with E-state index in [0.717, 1.165) is 10.9 Å². The molecule has 7 nitrogen and oxygen atoms in total. The SMILES string of the molecule is O=C(NCc1nc(-c2ccco2)n[nH]1)c1ccc2ccccc2n1. The topological polar surface area (TPSA) is 96.7 Å². The van der Waals surface area contributed by atoms with Crippen LogP contribution in [0.3, 0.4) is 0 Å². The van der Waals surface area contributed by atoms with E-state index in [1.165, 1.54) is 0 Å². The molecule has 0 spiro atoms. The van der Waals surface area contributed by atoms with E-state index in [2.05, 4.69) is 25.5 Å². The fourth-order valence-electron chi connectivity index (χ4n) is 2.34. The predicted molar refractivity (Wildman–Crippen MR) is 87.0 cm³/mol. The molecule has 2 N–H and O–H groups in total. The van der Waals surface area contributed by atoms with E-state index in [4.69, 9.17) is 4.42 Å². The van der Waals surface area contributed by atoms with Gasteiger partial charge in [-0.25, -0.2) is 9.97 Å². The minimum Gasteiger partial charge on any atom is -0.461 e. The highest BCUT2D eigenvalue weighted by molar-refractivity contribution is 5.94. The highest BCUT2D eigenvalue weighted by Gasteiger charge is 2.11. The number of rotatable bonds is 4. The molecule has 0 aliphatic rings. The van der Waals surface area contributed by atoms with E-state index >= 15 is 0 Å². The summed E-state index contributed by atoms with van der Waals surface area (Å²) in [5, 5.41) is 10.6. The smallest absolute Gasteiger partial charge is 0.270 e. The Labute approximate surface area is 136 Å². The Morgan fingerprint density at radius 1 is 1.08 bits per heavy atom. The number of H-pyrrole nitrogens is 1. The molecule has 3 heterocycles. The zero-order valence-corrected chi connectivity index (χ0v) is 12.6. The maximum absolute atomic E-state index is 12.2. The van der Waals surface area contributed by atoms with Crippen LogP contribution in [0.4, 0.5) is 0 Å². The lowest BCUT2D eigenvalue weighted by molar-refractivity contribution is 0.0945. The van der Waals surface area contributed by atoms with E-state index in [9.17, 15) is 4.79 Å². The summed E-state index contributed by atoms with van der Waals surface area (Å²) in [5.41, 5.74) is 1.14. The van der Waals surface area contributed by atoms with Gasteiger partial charge in [-0.3, -0.25) is 9.89 Å². The van der Waals surface area contributed by atoms with Gasteiger partial charge in [0, 0.05) is 5.39 Å². The quantitative estimate of drug-likeness (QED) is 0.602. The van der Waals surface area contributed by atoms with Gasteiger partial charge < -0.3 is 9.73 Å². The third-order valence-corrected chi connectivity index (χ3v) is 3.52. The van der Waals surface area contributed by atoms with Crippen LogP contribution < -0.4 is 5.32 Å². The van der Waals surface area contributed by atoms with E-state index in [-0.39, 0.29) is 12.5 Å². The average molecular weight is 319 g/mol. The van der Waals surface area contributed by atoms with Crippen molar-refractivity contribution in [2.45, 2.75) is 6.54 Å². The van der Waals surface area contributed by atoms with Crippen molar-refractivity contribution in [2.75, 3.05) is 0 Å². The van der Waals surface area contributed by atoms with Crippen LogP contribution in [0.2, 0.25) is 0 Å². The molecule has 0 aliphatic carbocycles. The summed E-state index contributed by atoms with van der Waals surface area (Å²) in [4.78, 5) is 20.9. The number of carbonyl (C=O) groups is 1. The standard InChI is InChI=1S/C17H13N5O2/c23-17(13-8-7-11-4-1-2-5-12(11)19-13)18-10-15-20-16(22-21-15)14-6-3-9-24-14/h1-9H,10H2,(H,18,23)(H,20,21,22). The van der Waals surface area contributed by atoms with Gasteiger partial charge in [-0.05, 0) is 24.3 Å². The Balaban J connectivity index is 1.46. The number of hydrogen-bond acceptors (Lipinski definition) is 5. The fraction of sp³-hybridized carbons (Fsp3) is 0.0588. The number of pyridine rings is 1. The summed E-state index contributed by atoms with van der Waals surface area (Å²) in [5.74, 6) is 1.29. The molecule has 0 radical (unpaired) electrons. The van der Waals surface area contributed by atoms with Gasteiger partial charge in [-0.1, -0.05) is 24.3 Å². The number of para-hydroxylation sites is 1. The predicted octanol–water partition coefficient (Wildman–Crippen LogP) is 2.54. The Hall–Kier alpha value is -3.48. The van der Waals surface area contributed by atoms with E-state index in [1.54, 1.807) is 24.5 Å². The molecule has 118 valence electrons. The van der Waals surface area contributed by atoms with Gasteiger partial charge in [0.15, 0.2) is 5.76 Å². The zero-order chi connectivity index (χ0) is 16.4. The van der Waals surface area contributed by atoms with Crippen molar-refractivity contribution < 1.29 is 9.21 Å². The third-order valence-electron chi connectivity index (χ3n) is 3.52. The minimum atomic E-state index is -0.267. The van der Waals surface area contributed by atoms with Crippen LogP contribution in [-0.2, 0) is 6.54 Å². The van der Waals surface area contributed by atoms with Crippen LogP contribution in [0, 0.1) is 0 Å². The Kier molecular flexibility index (Phi) is 3.51. The molecule has 0 unspecified atom stereocenters. The second kappa shape index (κ2) is 5.96. The molecule has 0 fully saturated rings. The van der Waals surface area contributed by atoms with Crippen LogP contribution in [0.1, 0.15) is 16.3 Å². The summed E-state index contributed by atoms with van der Waals surface area (Å²) in [6, 6.07) is 14.8. The van der Waals surface area contributed by atoms with Crippen molar-refractivity contribution in [1.82, 2.24) is 25.5 Å². The van der Waals surface area contributed by atoms with Gasteiger partial charge in [0.05, 0.1) is 18.3 Å². The number of aromatic amines is 1. The van der Waals surface area contributed by atoms with Crippen molar-refractivity contribution in [3.8, 4) is 11.6 Å². The second-order valence-corrected chi connectivity index (χ2v) is 5.15. The van der Waals surface area contributed by atoms with Crippen molar-refractivity contribution >= 4 is 16.8 Å². The average Bonchev–Trinajstić information content (AvgIpc) is 3.30. The summed E-state index contributed by atoms with van der Waals surface area (Å²) >= 11 is 0. The normalized spacial score (nSPS) is 10.8. The molecule has 0 atom stereocenters. The van der Waals surface area contributed by atoms with Gasteiger partial charge in [0.2, 0.25) is 5.82 Å². The lowest BCUT2D eigenvalue weighted by atomic mass is 10.2. The van der Waals surface area contributed by atoms with Crippen LogP contribution in [0.5, 0.6) is 0 Å². The number of furan rings is 1. The minimum absolute atomic E-state index is 0.223. The third kappa shape index (κ3) is 2.74. The fourth-order valence-corrected chi connectivity index (χ4v) is 2.34. The molecular weight excluding hydrogens is 306 g/mol. The largest absolute Gasteiger partial charge is 0.461 e. The second-order valence-electron chi connectivity index (χ2n) is 5.15. The van der Waals surface area contributed by atoms with Crippen LogP contribution in [0.15, 0.2) is 59.2 Å². The highest BCUT2D eigenvalue weighted by atomic mass is 16.3. The van der Waals surface area contributed by atoms with E-state index in [0.29, 0.717) is 23.1 Å². The van der Waals surface area contributed by atoms with Crippen LogP contribution in [-0.4, -0.2) is 26.1 Å². The summed E-state index contributed by atoms with van der Waals surface area (Å²) in [7, 11) is 0. The maximum Gasteiger partial charge on any atom is 0.270 e. The first kappa shape index (κ1) is 14.1. The first-order chi connectivity index (χ1) is 11.8. The van der Waals surface area contributed by atoms with E-state index in [1.807, 2.05) is 30.3 Å². The summed E-state index contributed by atoms with van der Waals surface area (Å²) < 4.78 is 5.23. The summed E-state index contributed by atoms with van der Waals surface area (Å²) in [6.45, 7) is 0.223. The van der Waals surface area contributed by atoms with Gasteiger partial charge in [0.1, 0.15) is 11.5 Å². The van der Waals surface area contributed by atoms with Crippen LogP contribution >= 0.6 is 0 Å². The molecule has 0 saturated carbocycles. The van der Waals surface area contributed by atoms with Crippen molar-refractivity contribution in [2.24, 2.45) is 0 Å². The highest BCUT2D eigenvalue weighted by Crippen LogP contribution is 2.14. The van der Waals surface area contributed by atoms with Crippen molar-refractivity contribution in [3.63, 3.8) is 0 Å². The molecule has 7 heteroatoms. The molecular formula is C17H13N5O2. The first-order valence-corrected chi connectivity index (χ1v) is 7.39. The molecule has 0 saturated heterocycles. The number of nitrogens with zero attached hydrogens (tertiary/aromatic N) is 3. The van der Waals surface area contributed by atoms with Gasteiger partial charge in [-0.15, -0.1) is 5.10 Å². The Morgan fingerprint density at radius 3 is 2.88 bits per heavy atom. The molecule has 0 bridgehead atoms. The lowest BCUT2D eigenvalue weighted by Crippen LogP contribution is -2.24. The van der Waals surface area contributed by atoms with Gasteiger partial charge in [0.25, 0.3) is 5.91 Å². The van der Waals surface area contributed by atoms with Crippen molar-refractivity contribution in [3.05, 3.63) is 66.3 Å². The van der Waals surface area contributed by atoms with E-state index < -0.39 is 0 Å². The van der Waals surface area contributed by atoms with Crippen molar-refractivity contribution in [1.29, 1.82) is 0 Å². The number of hydrogen-bond donors (Lipinski definition) is 2. The summed E-state index contributed by atoms with van der Waals surface area (Å²) in [6.07, 6.45) is 1.55.